The maximum atomic E-state index is 5.20. The maximum absolute atomic E-state index is 5.20. The van der Waals surface area contributed by atoms with Crippen LogP contribution in [0.5, 0.6) is 0 Å². The van der Waals surface area contributed by atoms with Crippen LogP contribution in [0, 0.1) is 0 Å². The number of anilines is 6. The summed E-state index contributed by atoms with van der Waals surface area (Å²) in [5, 5.41) is 2.41. The molecule has 0 atom stereocenters. The van der Waals surface area contributed by atoms with Crippen molar-refractivity contribution in [3.05, 3.63) is 273 Å². The van der Waals surface area contributed by atoms with Crippen LogP contribution in [0.1, 0.15) is 0 Å². The minimum Gasteiger partial charge on any atom is -0.311 e. The summed E-state index contributed by atoms with van der Waals surface area (Å²) >= 11 is 0. The van der Waals surface area contributed by atoms with E-state index in [1.807, 2.05) is 36.4 Å². The average Bonchev–Trinajstić information content (AvgIpc) is 3.88. The molecular weight excluding hydrogens is 924 g/mol. The van der Waals surface area contributed by atoms with E-state index in [9.17, 15) is 0 Å². The van der Waals surface area contributed by atoms with Gasteiger partial charge in [0.05, 0.1) is 22.4 Å². The Kier molecular flexibility index (Phi) is 10.2. The lowest BCUT2D eigenvalue weighted by atomic mass is 9.33. The van der Waals surface area contributed by atoms with Crippen LogP contribution in [0.2, 0.25) is 0 Å². The first kappa shape index (κ1) is 43.5. The van der Waals surface area contributed by atoms with Crippen LogP contribution >= 0.6 is 0 Å². The highest BCUT2D eigenvalue weighted by atomic mass is 15.2. The van der Waals surface area contributed by atoms with Crippen LogP contribution in [0.3, 0.4) is 0 Å². The van der Waals surface area contributed by atoms with Gasteiger partial charge in [-0.1, -0.05) is 200 Å². The Morgan fingerprint density at radius 2 is 0.711 bits per heavy atom. The standard InChI is InChI=1S/C69H45BN6/c1-5-21-48(22-6-1)67-71-68(49-23-7-2-8-24-49)73-69(72-67)50-41-43-61(76-59-33-17-13-29-54(59)55-30-14-18-34-60(55)76)56(45-50)47-39-37-46(38-40-47)53-42-44-64-65-66(53)75(52-27-11-4-12-28-52)63-36-20-16-32-58(63)70(65)57-31-15-19-35-62(57)74(64)51-25-9-3-10-26-51/h1-45H. The van der Waals surface area contributed by atoms with Gasteiger partial charge < -0.3 is 14.4 Å². The molecule has 6 nitrogen and oxygen atoms in total. The fourth-order valence-electron chi connectivity index (χ4n) is 11.9. The van der Waals surface area contributed by atoms with Crippen molar-refractivity contribution in [1.82, 2.24) is 19.5 Å². The Bertz CT molecular complexity index is 4230. The first-order chi connectivity index (χ1) is 37.7. The van der Waals surface area contributed by atoms with Crippen molar-refractivity contribution in [1.29, 1.82) is 0 Å². The molecule has 0 bridgehead atoms. The third-order valence-corrected chi connectivity index (χ3v) is 15.2. The molecule has 7 heteroatoms. The lowest BCUT2D eigenvalue weighted by Crippen LogP contribution is -2.61. The van der Waals surface area contributed by atoms with Crippen molar-refractivity contribution >= 4 is 79.0 Å². The van der Waals surface area contributed by atoms with Gasteiger partial charge in [0.2, 0.25) is 0 Å². The number of rotatable bonds is 8. The Morgan fingerprint density at radius 1 is 0.289 bits per heavy atom. The summed E-state index contributed by atoms with van der Waals surface area (Å²) in [6, 6.07) is 97.9. The zero-order valence-corrected chi connectivity index (χ0v) is 41.2. The summed E-state index contributed by atoms with van der Waals surface area (Å²) in [5.41, 5.74) is 21.3. The van der Waals surface area contributed by atoms with E-state index < -0.39 is 0 Å². The van der Waals surface area contributed by atoms with Crippen LogP contribution in [-0.2, 0) is 0 Å². The number of hydrogen-bond donors (Lipinski definition) is 0. The second-order valence-electron chi connectivity index (χ2n) is 19.5. The summed E-state index contributed by atoms with van der Waals surface area (Å²) in [4.78, 5) is 20.4. The first-order valence-electron chi connectivity index (χ1n) is 25.9. The molecule has 2 aliphatic heterocycles. The average molecular weight is 969 g/mol. The monoisotopic (exact) mass is 968 g/mol. The second kappa shape index (κ2) is 17.8. The second-order valence-corrected chi connectivity index (χ2v) is 19.5. The molecule has 0 fully saturated rings. The highest BCUT2D eigenvalue weighted by Crippen LogP contribution is 2.48. The Labute approximate surface area is 441 Å². The normalized spacial score (nSPS) is 12.4. The highest BCUT2D eigenvalue weighted by molar-refractivity contribution is 7.00. The molecule has 0 unspecified atom stereocenters. The lowest BCUT2D eigenvalue weighted by molar-refractivity contribution is 1.07. The van der Waals surface area contributed by atoms with Crippen LogP contribution < -0.4 is 26.2 Å². The fourth-order valence-corrected chi connectivity index (χ4v) is 11.9. The molecule has 0 saturated heterocycles. The Morgan fingerprint density at radius 3 is 1.28 bits per heavy atom. The Hall–Kier alpha value is -10.1. The van der Waals surface area contributed by atoms with Crippen molar-refractivity contribution in [3.8, 4) is 62.1 Å². The fraction of sp³-hybridized carbons (Fsp3) is 0. The molecule has 2 aromatic heterocycles. The summed E-state index contributed by atoms with van der Waals surface area (Å²) < 4.78 is 2.41. The molecule has 0 radical (unpaired) electrons. The van der Waals surface area contributed by atoms with Crippen molar-refractivity contribution in [3.63, 3.8) is 0 Å². The molecule has 11 aromatic carbocycles. The quantitative estimate of drug-likeness (QED) is 0.142. The van der Waals surface area contributed by atoms with Gasteiger partial charge >= 0.3 is 0 Å². The van der Waals surface area contributed by atoms with Gasteiger partial charge in [0.15, 0.2) is 17.5 Å². The predicted octanol–water partition coefficient (Wildman–Crippen LogP) is 15.4. The Balaban J connectivity index is 0.949. The van der Waals surface area contributed by atoms with Crippen LogP contribution in [0.25, 0.3) is 83.9 Å². The molecule has 2 aliphatic rings. The molecule has 354 valence electrons. The van der Waals surface area contributed by atoms with Crippen molar-refractivity contribution in [2.75, 3.05) is 9.80 Å². The van der Waals surface area contributed by atoms with Crippen molar-refractivity contribution in [2.45, 2.75) is 0 Å². The van der Waals surface area contributed by atoms with Gasteiger partial charge in [-0.2, -0.15) is 0 Å². The number of para-hydroxylation sites is 6. The largest absolute Gasteiger partial charge is 0.311 e. The molecule has 4 heterocycles. The van der Waals surface area contributed by atoms with Gasteiger partial charge in [0.1, 0.15) is 0 Å². The van der Waals surface area contributed by atoms with Gasteiger partial charge in [-0.05, 0) is 100 Å². The van der Waals surface area contributed by atoms with Gasteiger partial charge in [0.25, 0.3) is 6.71 Å². The highest BCUT2D eigenvalue weighted by Gasteiger charge is 2.44. The zero-order chi connectivity index (χ0) is 50.1. The van der Waals surface area contributed by atoms with Gasteiger partial charge in [-0.25, -0.2) is 15.0 Å². The van der Waals surface area contributed by atoms with E-state index in [4.69, 9.17) is 15.0 Å². The number of hydrogen-bond acceptors (Lipinski definition) is 5. The van der Waals surface area contributed by atoms with Crippen molar-refractivity contribution < 1.29 is 0 Å². The molecule has 0 amide bonds. The summed E-state index contributed by atoms with van der Waals surface area (Å²) in [6.45, 7) is 0.00767. The summed E-state index contributed by atoms with van der Waals surface area (Å²) in [6.07, 6.45) is 0. The molecule has 76 heavy (non-hydrogen) atoms. The van der Waals surface area contributed by atoms with E-state index >= 15 is 0 Å². The zero-order valence-electron chi connectivity index (χ0n) is 41.2. The minimum absolute atomic E-state index is 0.00767. The van der Waals surface area contributed by atoms with E-state index in [0.29, 0.717) is 17.5 Å². The third kappa shape index (κ3) is 7.01. The van der Waals surface area contributed by atoms with E-state index in [1.165, 1.54) is 49.9 Å². The van der Waals surface area contributed by atoms with E-state index in [0.717, 1.165) is 67.0 Å². The third-order valence-electron chi connectivity index (χ3n) is 15.2. The molecule has 0 saturated carbocycles. The maximum Gasteiger partial charge on any atom is 0.252 e. The van der Waals surface area contributed by atoms with E-state index in [-0.39, 0.29) is 6.71 Å². The number of aromatic nitrogens is 4. The van der Waals surface area contributed by atoms with Gasteiger partial charge in [-0.15, -0.1) is 0 Å². The van der Waals surface area contributed by atoms with E-state index in [2.05, 4.69) is 251 Å². The van der Waals surface area contributed by atoms with Crippen LogP contribution in [0.4, 0.5) is 34.1 Å². The minimum atomic E-state index is 0.00767. The van der Waals surface area contributed by atoms with Crippen molar-refractivity contribution in [2.24, 2.45) is 0 Å². The summed E-state index contributed by atoms with van der Waals surface area (Å²) in [5.74, 6) is 1.86. The molecular formula is C69H45BN6. The SMILES string of the molecule is c1ccc(-c2nc(-c3ccccc3)nc(-c3ccc(-n4c5ccccc5c5ccccc54)c(-c4ccc(-c5ccc6c7c5N(c5ccccc5)c5ccccc5B7c5ccccc5N6c5ccccc5)cc4)c3)n2)cc1. The predicted molar refractivity (Wildman–Crippen MR) is 315 cm³/mol. The molecule has 0 N–H and O–H groups in total. The molecule has 0 aliphatic carbocycles. The molecule has 0 spiro atoms. The van der Waals surface area contributed by atoms with E-state index in [1.54, 1.807) is 0 Å². The molecule has 15 rings (SSSR count). The first-order valence-corrected chi connectivity index (χ1v) is 25.9. The van der Waals surface area contributed by atoms with Crippen LogP contribution in [0.15, 0.2) is 273 Å². The van der Waals surface area contributed by atoms with Crippen LogP contribution in [-0.4, -0.2) is 26.2 Å². The summed E-state index contributed by atoms with van der Waals surface area (Å²) in [7, 11) is 0. The number of benzene rings is 11. The lowest BCUT2D eigenvalue weighted by Gasteiger charge is -2.45. The smallest absolute Gasteiger partial charge is 0.252 e. The molecule has 13 aromatic rings. The topological polar surface area (TPSA) is 50.1 Å². The number of nitrogens with zero attached hydrogens (tertiary/aromatic N) is 6. The van der Waals surface area contributed by atoms with Gasteiger partial charge in [-0.3, -0.25) is 0 Å². The number of fused-ring (bicyclic) bond motifs is 7. The van der Waals surface area contributed by atoms with Gasteiger partial charge in [0, 0.05) is 67.0 Å².